The molecule has 0 N–H and O–H groups in total. The molecule has 0 aromatic heterocycles. The number of nitrogens with zero attached hydrogens (tertiary/aromatic N) is 1. The molecule has 1 heteroatoms. The van der Waals surface area contributed by atoms with E-state index < -0.39 is 0 Å². The summed E-state index contributed by atoms with van der Waals surface area (Å²) >= 11 is 0. The first-order chi connectivity index (χ1) is 6.08. The predicted octanol–water partition coefficient (Wildman–Crippen LogP) is 3.84. The highest BCUT2D eigenvalue weighted by molar-refractivity contribution is 5.16. The van der Waals surface area contributed by atoms with E-state index in [-0.39, 0.29) is 5.41 Å². The second-order valence-electron chi connectivity index (χ2n) is 3.76. The van der Waals surface area contributed by atoms with Crippen LogP contribution in [0.4, 0.5) is 0 Å². The highest BCUT2D eigenvalue weighted by atomic mass is 14.3. The number of hydrogen-bond donors (Lipinski definition) is 0. The molecule has 0 saturated carbocycles. The van der Waals surface area contributed by atoms with E-state index in [2.05, 4.69) is 32.6 Å². The summed E-state index contributed by atoms with van der Waals surface area (Å²) in [7, 11) is 0. The highest BCUT2D eigenvalue weighted by Gasteiger charge is 2.18. The molecule has 1 nitrogen and oxygen atoms in total. The molecule has 0 fully saturated rings. The van der Waals surface area contributed by atoms with Crippen LogP contribution in [0.25, 0.3) is 0 Å². The molecule has 0 amide bonds. The van der Waals surface area contributed by atoms with Crippen LogP contribution >= 0.6 is 0 Å². The molecule has 0 radical (unpaired) electrons. The monoisotopic (exact) mass is 177 g/mol. The van der Waals surface area contributed by atoms with Gasteiger partial charge in [-0.15, -0.1) is 6.58 Å². The van der Waals surface area contributed by atoms with E-state index in [1.54, 1.807) is 6.08 Å². The molecule has 0 aromatic rings. The Morgan fingerprint density at radius 1 is 1.62 bits per heavy atom. The molecule has 0 rings (SSSR count). The van der Waals surface area contributed by atoms with Crippen molar-refractivity contribution >= 4 is 0 Å². The van der Waals surface area contributed by atoms with Gasteiger partial charge < -0.3 is 0 Å². The quantitative estimate of drug-likeness (QED) is 0.585. The van der Waals surface area contributed by atoms with E-state index >= 15 is 0 Å². The van der Waals surface area contributed by atoms with Crippen molar-refractivity contribution in [1.29, 1.82) is 5.26 Å². The minimum absolute atomic E-state index is 0.360. The van der Waals surface area contributed by atoms with E-state index in [9.17, 15) is 0 Å². The minimum atomic E-state index is -0.360. The van der Waals surface area contributed by atoms with Gasteiger partial charge in [-0.1, -0.05) is 31.1 Å². The van der Waals surface area contributed by atoms with Gasteiger partial charge in [0.15, 0.2) is 0 Å². The molecule has 0 aliphatic heterocycles. The molecule has 0 aromatic carbocycles. The minimum Gasteiger partial charge on any atom is -0.197 e. The second kappa shape index (κ2) is 5.59. The fourth-order valence-electron chi connectivity index (χ4n) is 1.45. The van der Waals surface area contributed by atoms with Crippen LogP contribution in [0.5, 0.6) is 0 Å². The number of hydrogen-bond acceptors (Lipinski definition) is 1. The molecule has 0 aliphatic rings. The van der Waals surface area contributed by atoms with Gasteiger partial charge in [-0.2, -0.15) is 5.26 Å². The maximum atomic E-state index is 8.99. The lowest BCUT2D eigenvalue weighted by Gasteiger charge is -2.15. The van der Waals surface area contributed by atoms with Gasteiger partial charge in [-0.3, -0.25) is 0 Å². The lowest BCUT2D eigenvalue weighted by molar-refractivity contribution is 0.571. The zero-order valence-corrected chi connectivity index (χ0v) is 8.93. The Morgan fingerprint density at radius 3 is 2.62 bits per heavy atom. The Hall–Kier alpha value is -1.03. The van der Waals surface area contributed by atoms with Crippen LogP contribution in [0, 0.1) is 16.7 Å². The molecule has 0 spiro atoms. The van der Waals surface area contributed by atoms with Gasteiger partial charge in [0.05, 0.1) is 11.5 Å². The van der Waals surface area contributed by atoms with E-state index in [4.69, 9.17) is 5.26 Å². The third-order valence-corrected chi connectivity index (χ3v) is 2.03. The van der Waals surface area contributed by atoms with Crippen molar-refractivity contribution in [2.75, 3.05) is 0 Å². The first-order valence-electron chi connectivity index (χ1n) is 4.78. The first kappa shape index (κ1) is 12.0. The smallest absolute Gasteiger partial charge is 0.0762 e. The topological polar surface area (TPSA) is 23.8 Å². The van der Waals surface area contributed by atoms with Crippen molar-refractivity contribution < 1.29 is 0 Å². The lowest BCUT2D eigenvalue weighted by atomic mass is 9.86. The lowest BCUT2D eigenvalue weighted by Crippen LogP contribution is -2.09. The van der Waals surface area contributed by atoms with Crippen LogP contribution < -0.4 is 0 Å². The average molecular weight is 177 g/mol. The normalized spacial score (nSPS) is 16.0. The first-order valence-corrected chi connectivity index (χ1v) is 4.78. The standard InChI is InChI=1S/C12H19N/c1-5-7-11(3)9-12(4,10-13)8-6-2/h6,9H,2,5,7-8H2,1,3-4H3/b11-9+. The third-order valence-electron chi connectivity index (χ3n) is 2.03. The summed E-state index contributed by atoms with van der Waals surface area (Å²) in [5.74, 6) is 0. The molecule has 13 heavy (non-hydrogen) atoms. The van der Waals surface area contributed by atoms with E-state index in [0.717, 1.165) is 19.3 Å². The van der Waals surface area contributed by atoms with Crippen molar-refractivity contribution in [2.24, 2.45) is 5.41 Å². The predicted molar refractivity (Wildman–Crippen MR) is 57.2 cm³/mol. The van der Waals surface area contributed by atoms with Crippen LogP contribution in [-0.2, 0) is 0 Å². The molecule has 1 unspecified atom stereocenters. The fourth-order valence-corrected chi connectivity index (χ4v) is 1.45. The van der Waals surface area contributed by atoms with Crippen molar-refractivity contribution in [3.63, 3.8) is 0 Å². The van der Waals surface area contributed by atoms with Gasteiger partial charge in [0.2, 0.25) is 0 Å². The van der Waals surface area contributed by atoms with E-state index in [1.165, 1.54) is 5.57 Å². The number of allylic oxidation sites excluding steroid dienone is 3. The molecule has 0 aliphatic carbocycles. The van der Waals surface area contributed by atoms with Crippen molar-refractivity contribution in [1.82, 2.24) is 0 Å². The summed E-state index contributed by atoms with van der Waals surface area (Å²) < 4.78 is 0. The molecule has 1 atom stereocenters. The Labute approximate surface area is 81.8 Å². The van der Waals surface area contributed by atoms with Crippen LogP contribution in [0.3, 0.4) is 0 Å². The molecular weight excluding hydrogens is 158 g/mol. The molecule has 0 heterocycles. The molecular formula is C12H19N. The van der Waals surface area contributed by atoms with Gasteiger partial charge in [0.25, 0.3) is 0 Å². The van der Waals surface area contributed by atoms with Crippen molar-refractivity contribution in [3.8, 4) is 6.07 Å². The van der Waals surface area contributed by atoms with Crippen molar-refractivity contribution in [2.45, 2.75) is 40.0 Å². The summed E-state index contributed by atoms with van der Waals surface area (Å²) in [6.45, 7) is 9.85. The number of nitriles is 1. The zero-order valence-electron chi connectivity index (χ0n) is 8.93. The van der Waals surface area contributed by atoms with Crippen LogP contribution in [0.2, 0.25) is 0 Å². The van der Waals surface area contributed by atoms with Gasteiger partial charge >= 0.3 is 0 Å². The molecule has 0 saturated heterocycles. The summed E-state index contributed by atoms with van der Waals surface area (Å²) in [6, 6.07) is 2.32. The summed E-state index contributed by atoms with van der Waals surface area (Å²) in [4.78, 5) is 0. The van der Waals surface area contributed by atoms with Gasteiger partial charge in [-0.05, 0) is 26.7 Å². The van der Waals surface area contributed by atoms with Gasteiger partial charge in [0, 0.05) is 0 Å². The summed E-state index contributed by atoms with van der Waals surface area (Å²) in [5.41, 5.74) is 0.939. The van der Waals surface area contributed by atoms with Gasteiger partial charge in [0.1, 0.15) is 0 Å². The average Bonchev–Trinajstić information content (AvgIpc) is 2.05. The summed E-state index contributed by atoms with van der Waals surface area (Å²) in [5, 5.41) is 8.99. The van der Waals surface area contributed by atoms with E-state index in [1.807, 2.05) is 6.92 Å². The van der Waals surface area contributed by atoms with E-state index in [0.29, 0.717) is 0 Å². The Bertz CT molecular complexity index is 232. The fraction of sp³-hybridized carbons (Fsp3) is 0.583. The van der Waals surface area contributed by atoms with Gasteiger partial charge in [-0.25, -0.2) is 0 Å². The third kappa shape index (κ3) is 4.52. The SMILES string of the molecule is C=CCC(C)(C#N)/C=C(\C)CCC. The number of rotatable bonds is 5. The Balaban J connectivity index is 4.51. The highest BCUT2D eigenvalue weighted by Crippen LogP contribution is 2.25. The van der Waals surface area contributed by atoms with Crippen LogP contribution in [0.15, 0.2) is 24.3 Å². The molecule has 72 valence electrons. The van der Waals surface area contributed by atoms with Crippen molar-refractivity contribution in [3.05, 3.63) is 24.3 Å². The maximum absolute atomic E-state index is 8.99. The largest absolute Gasteiger partial charge is 0.197 e. The van der Waals surface area contributed by atoms with Crippen LogP contribution in [0.1, 0.15) is 40.0 Å². The van der Waals surface area contributed by atoms with Crippen LogP contribution in [-0.4, -0.2) is 0 Å². The molecule has 0 bridgehead atoms. The Morgan fingerprint density at radius 2 is 2.23 bits per heavy atom. The maximum Gasteiger partial charge on any atom is 0.0762 e. The second-order valence-corrected chi connectivity index (χ2v) is 3.76. The Kier molecular flexibility index (Phi) is 5.14. The summed E-state index contributed by atoms with van der Waals surface area (Å²) in [6.07, 6.45) is 6.81. The zero-order chi connectivity index (χ0) is 10.3.